The summed E-state index contributed by atoms with van der Waals surface area (Å²) in [5.41, 5.74) is 5.56. The highest BCUT2D eigenvalue weighted by Crippen LogP contribution is 2.24. The van der Waals surface area contributed by atoms with Crippen LogP contribution in [0.5, 0.6) is 0 Å². The minimum absolute atomic E-state index is 0.241. The minimum Gasteiger partial charge on any atom is -0.336 e. The molecule has 3 heteroatoms. The summed E-state index contributed by atoms with van der Waals surface area (Å²) in [5.74, 6) is 0.519. The third-order valence-corrected chi connectivity index (χ3v) is 3.34. The lowest BCUT2D eigenvalue weighted by molar-refractivity contribution is -0.133. The van der Waals surface area contributed by atoms with E-state index in [0.29, 0.717) is 25.6 Å². The molecule has 0 aromatic heterocycles. The SMILES string of the molecule is C=CCN(C(=O)CC(C)CN)C1CCCC1. The molecule has 92 valence electrons. The van der Waals surface area contributed by atoms with E-state index in [4.69, 9.17) is 5.73 Å². The fraction of sp³-hybridized carbons (Fsp3) is 0.769. The monoisotopic (exact) mass is 224 g/mol. The second-order valence-corrected chi connectivity index (χ2v) is 4.82. The Kier molecular flexibility index (Phi) is 5.53. The second-order valence-electron chi connectivity index (χ2n) is 4.82. The molecule has 0 radical (unpaired) electrons. The number of carbonyl (C=O) groups excluding carboxylic acids is 1. The van der Waals surface area contributed by atoms with E-state index in [1.54, 1.807) is 0 Å². The van der Waals surface area contributed by atoms with Crippen LogP contribution in [0.25, 0.3) is 0 Å². The van der Waals surface area contributed by atoms with Crippen molar-refractivity contribution in [3.05, 3.63) is 12.7 Å². The molecule has 2 N–H and O–H groups in total. The number of amides is 1. The summed E-state index contributed by atoms with van der Waals surface area (Å²) in [6.07, 6.45) is 7.19. The van der Waals surface area contributed by atoms with E-state index >= 15 is 0 Å². The van der Waals surface area contributed by atoms with Gasteiger partial charge in [0.25, 0.3) is 0 Å². The van der Waals surface area contributed by atoms with Gasteiger partial charge in [0.2, 0.25) is 5.91 Å². The zero-order chi connectivity index (χ0) is 12.0. The molecule has 1 rings (SSSR count). The highest BCUT2D eigenvalue weighted by molar-refractivity contribution is 5.77. The summed E-state index contributed by atoms with van der Waals surface area (Å²) in [5, 5.41) is 0. The van der Waals surface area contributed by atoms with Gasteiger partial charge in [-0.2, -0.15) is 0 Å². The first kappa shape index (κ1) is 13.2. The molecule has 1 fully saturated rings. The standard InChI is InChI=1S/C13H24N2O/c1-3-8-15(12-6-4-5-7-12)13(16)9-11(2)10-14/h3,11-12H,1,4-10,14H2,2H3. The number of hydrogen-bond acceptors (Lipinski definition) is 2. The lowest BCUT2D eigenvalue weighted by Crippen LogP contribution is -2.40. The molecule has 1 saturated carbocycles. The molecule has 16 heavy (non-hydrogen) atoms. The summed E-state index contributed by atoms with van der Waals surface area (Å²) in [6.45, 7) is 7.02. The normalized spacial score (nSPS) is 18.4. The number of carbonyl (C=O) groups is 1. The van der Waals surface area contributed by atoms with Crippen molar-refractivity contribution in [1.29, 1.82) is 0 Å². The van der Waals surface area contributed by atoms with Crippen molar-refractivity contribution in [2.24, 2.45) is 11.7 Å². The van der Waals surface area contributed by atoms with Crippen molar-refractivity contribution in [1.82, 2.24) is 4.90 Å². The molecular formula is C13H24N2O. The Morgan fingerprint density at radius 3 is 2.69 bits per heavy atom. The van der Waals surface area contributed by atoms with Gasteiger partial charge in [-0.05, 0) is 25.3 Å². The molecule has 0 aliphatic heterocycles. The lowest BCUT2D eigenvalue weighted by atomic mass is 10.1. The third kappa shape index (κ3) is 3.63. The Morgan fingerprint density at radius 1 is 1.56 bits per heavy atom. The van der Waals surface area contributed by atoms with Gasteiger partial charge < -0.3 is 10.6 Å². The van der Waals surface area contributed by atoms with Crippen molar-refractivity contribution in [2.45, 2.75) is 45.1 Å². The number of nitrogens with zero attached hydrogens (tertiary/aromatic N) is 1. The molecule has 1 amide bonds. The average Bonchev–Trinajstić information content (AvgIpc) is 2.78. The van der Waals surface area contributed by atoms with Crippen LogP contribution in [0.1, 0.15) is 39.0 Å². The van der Waals surface area contributed by atoms with Gasteiger partial charge in [-0.25, -0.2) is 0 Å². The highest BCUT2D eigenvalue weighted by Gasteiger charge is 2.26. The molecule has 0 aromatic rings. The molecule has 3 nitrogen and oxygen atoms in total. The first-order valence-corrected chi connectivity index (χ1v) is 6.29. The summed E-state index contributed by atoms with van der Waals surface area (Å²) >= 11 is 0. The van der Waals surface area contributed by atoms with Crippen LogP contribution in [0.15, 0.2) is 12.7 Å². The van der Waals surface area contributed by atoms with Crippen molar-refractivity contribution in [3.63, 3.8) is 0 Å². The first-order valence-electron chi connectivity index (χ1n) is 6.29. The Hall–Kier alpha value is -0.830. The minimum atomic E-state index is 0.241. The van der Waals surface area contributed by atoms with E-state index < -0.39 is 0 Å². The van der Waals surface area contributed by atoms with E-state index in [1.807, 2.05) is 17.9 Å². The largest absolute Gasteiger partial charge is 0.336 e. The van der Waals surface area contributed by atoms with Crippen molar-refractivity contribution in [2.75, 3.05) is 13.1 Å². The topological polar surface area (TPSA) is 46.3 Å². The van der Waals surface area contributed by atoms with Crippen LogP contribution in [0, 0.1) is 5.92 Å². The lowest BCUT2D eigenvalue weighted by Gasteiger charge is -2.28. The Bertz CT molecular complexity index is 234. The van der Waals surface area contributed by atoms with E-state index in [-0.39, 0.29) is 11.8 Å². The van der Waals surface area contributed by atoms with Gasteiger partial charge >= 0.3 is 0 Å². The van der Waals surface area contributed by atoms with Gasteiger partial charge in [-0.15, -0.1) is 6.58 Å². The zero-order valence-corrected chi connectivity index (χ0v) is 10.3. The highest BCUT2D eigenvalue weighted by atomic mass is 16.2. The molecule has 1 atom stereocenters. The molecule has 0 saturated heterocycles. The van der Waals surface area contributed by atoms with Crippen LogP contribution < -0.4 is 5.73 Å². The van der Waals surface area contributed by atoms with Crippen LogP contribution in [0.3, 0.4) is 0 Å². The van der Waals surface area contributed by atoms with Crippen LogP contribution in [-0.2, 0) is 4.79 Å². The van der Waals surface area contributed by atoms with Gasteiger partial charge in [-0.1, -0.05) is 25.8 Å². The van der Waals surface area contributed by atoms with Gasteiger partial charge in [0, 0.05) is 19.0 Å². The molecule has 0 aromatic carbocycles. The van der Waals surface area contributed by atoms with Crippen LogP contribution in [0.2, 0.25) is 0 Å². The average molecular weight is 224 g/mol. The van der Waals surface area contributed by atoms with Crippen molar-refractivity contribution < 1.29 is 4.79 Å². The van der Waals surface area contributed by atoms with Crippen molar-refractivity contribution >= 4 is 5.91 Å². The number of hydrogen-bond donors (Lipinski definition) is 1. The first-order chi connectivity index (χ1) is 7.69. The summed E-state index contributed by atoms with van der Waals surface area (Å²) in [4.78, 5) is 14.1. The van der Waals surface area contributed by atoms with E-state index in [9.17, 15) is 4.79 Å². The molecule has 0 spiro atoms. The zero-order valence-electron chi connectivity index (χ0n) is 10.3. The van der Waals surface area contributed by atoms with Crippen LogP contribution in [-0.4, -0.2) is 29.9 Å². The number of rotatable bonds is 6. The maximum absolute atomic E-state index is 12.1. The fourth-order valence-electron chi connectivity index (χ4n) is 2.31. The van der Waals surface area contributed by atoms with Gasteiger partial charge in [0.15, 0.2) is 0 Å². The molecule has 1 aliphatic carbocycles. The molecule has 0 heterocycles. The van der Waals surface area contributed by atoms with E-state index in [0.717, 1.165) is 12.8 Å². The smallest absolute Gasteiger partial charge is 0.223 e. The van der Waals surface area contributed by atoms with E-state index in [1.165, 1.54) is 12.8 Å². The summed E-state index contributed by atoms with van der Waals surface area (Å²) in [6, 6.07) is 0.440. The van der Waals surface area contributed by atoms with Crippen LogP contribution >= 0.6 is 0 Å². The maximum atomic E-state index is 12.1. The van der Waals surface area contributed by atoms with Gasteiger partial charge in [0.1, 0.15) is 0 Å². The summed E-state index contributed by atoms with van der Waals surface area (Å²) < 4.78 is 0. The Labute approximate surface area is 98.7 Å². The molecule has 1 aliphatic rings. The molecule has 1 unspecified atom stereocenters. The predicted molar refractivity (Wildman–Crippen MR) is 67.0 cm³/mol. The van der Waals surface area contributed by atoms with Crippen molar-refractivity contribution in [3.8, 4) is 0 Å². The third-order valence-electron chi connectivity index (χ3n) is 3.34. The van der Waals surface area contributed by atoms with E-state index in [2.05, 4.69) is 6.58 Å². The van der Waals surface area contributed by atoms with Gasteiger partial charge in [0.05, 0.1) is 0 Å². The summed E-state index contributed by atoms with van der Waals surface area (Å²) in [7, 11) is 0. The second kappa shape index (κ2) is 6.69. The molecule has 0 bridgehead atoms. The number of nitrogens with two attached hydrogens (primary N) is 1. The Morgan fingerprint density at radius 2 is 2.19 bits per heavy atom. The van der Waals surface area contributed by atoms with Crippen LogP contribution in [0.4, 0.5) is 0 Å². The predicted octanol–water partition coefficient (Wildman–Crippen LogP) is 1.93. The maximum Gasteiger partial charge on any atom is 0.223 e. The van der Waals surface area contributed by atoms with Gasteiger partial charge in [-0.3, -0.25) is 4.79 Å². The quantitative estimate of drug-likeness (QED) is 0.701. The molecular weight excluding hydrogens is 200 g/mol. The Balaban J connectivity index is 2.53. The fourth-order valence-corrected chi connectivity index (χ4v) is 2.31.